The topological polar surface area (TPSA) is 89.4 Å². The molecule has 0 unspecified atom stereocenters. The molecule has 0 saturated carbocycles. The summed E-state index contributed by atoms with van der Waals surface area (Å²) in [5.41, 5.74) is 5.91. The molecule has 0 radical (unpaired) electrons. The second kappa shape index (κ2) is 9.90. The molecule has 0 aliphatic rings. The van der Waals surface area contributed by atoms with Crippen molar-refractivity contribution in [1.82, 2.24) is 30.2 Å². The lowest BCUT2D eigenvalue weighted by Gasteiger charge is -2.16. The monoisotopic (exact) mass is 442 g/mol. The van der Waals surface area contributed by atoms with E-state index in [2.05, 4.69) is 65.7 Å². The summed E-state index contributed by atoms with van der Waals surface area (Å²) in [6.45, 7) is 6.32. The maximum absolute atomic E-state index is 13.2. The number of unbranched alkanes of at least 4 members (excludes halogenated alkanes) is 1. The molecule has 7 nitrogen and oxygen atoms in total. The number of nitrogens with zero attached hydrogens (tertiary/aromatic N) is 5. The van der Waals surface area contributed by atoms with E-state index in [9.17, 15) is 4.79 Å². The second-order valence-corrected chi connectivity index (χ2v) is 8.67. The predicted molar refractivity (Wildman–Crippen MR) is 130 cm³/mol. The van der Waals surface area contributed by atoms with E-state index >= 15 is 0 Å². The van der Waals surface area contributed by atoms with Crippen LogP contribution in [0.2, 0.25) is 0 Å². The Labute approximate surface area is 193 Å². The number of aryl methyl sites for hydroxylation is 1. The number of hydrogen-bond donors (Lipinski definition) is 1. The van der Waals surface area contributed by atoms with Crippen molar-refractivity contribution in [2.75, 3.05) is 0 Å². The number of rotatable bonds is 8. The largest absolute Gasteiger partial charge is 0.299 e. The Morgan fingerprint density at radius 3 is 2.39 bits per heavy atom. The smallest absolute Gasteiger partial charge is 0.257 e. The van der Waals surface area contributed by atoms with Crippen LogP contribution in [0, 0.1) is 0 Å². The van der Waals surface area contributed by atoms with Gasteiger partial charge in [0.15, 0.2) is 0 Å². The van der Waals surface area contributed by atoms with E-state index in [1.807, 2.05) is 31.3 Å². The third kappa shape index (κ3) is 4.77. The molecule has 0 fully saturated rings. The number of benzene rings is 2. The van der Waals surface area contributed by atoms with Crippen molar-refractivity contribution in [2.24, 2.45) is 7.05 Å². The number of aromatic amines is 1. The summed E-state index contributed by atoms with van der Waals surface area (Å²) in [7, 11) is 1.83. The van der Waals surface area contributed by atoms with Crippen LogP contribution in [0.1, 0.15) is 62.2 Å². The molecule has 0 aliphatic carbocycles. The molecule has 0 bridgehead atoms. The molecule has 4 rings (SSSR count). The first-order valence-electron chi connectivity index (χ1n) is 11.5. The first-order valence-corrected chi connectivity index (χ1v) is 11.5. The van der Waals surface area contributed by atoms with Crippen molar-refractivity contribution in [1.29, 1.82) is 0 Å². The van der Waals surface area contributed by atoms with Crippen molar-refractivity contribution >= 4 is 0 Å². The predicted octanol–water partition coefficient (Wildman–Crippen LogP) is 4.68. The molecular formula is C26H30N6O. The SMILES string of the molecule is CCCCc1nc(C(C)C)n(C)c(=O)c1Cc1ccc(-c2ccccc2-c2nn[nH]n2)cc1. The summed E-state index contributed by atoms with van der Waals surface area (Å²) in [4.78, 5) is 18.2. The summed E-state index contributed by atoms with van der Waals surface area (Å²) in [5.74, 6) is 1.62. The van der Waals surface area contributed by atoms with E-state index in [0.717, 1.165) is 58.6 Å². The maximum atomic E-state index is 13.2. The molecule has 0 atom stereocenters. The lowest BCUT2D eigenvalue weighted by Crippen LogP contribution is -2.29. The van der Waals surface area contributed by atoms with E-state index in [4.69, 9.17) is 4.98 Å². The molecule has 2 aromatic carbocycles. The molecule has 0 spiro atoms. The van der Waals surface area contributed by atoms with Gasteiger partial charge in [0.25, 0.3) is 5.56 Å². The Morgan fingerprint density at radius 1 is 1.03 bits per heavy atom. The van der Waals surface area contributed by atoms with E-state index in [0.29, 0.717) is 12.2 Å². The summed E-state index contributed by atoms with van der Waals surface area (Å²) in [6, 6.07) is 16.3. The second-order valence-electron chi connectivity index (χ2n) is 8.67. The number of nitrogens with one attached hydrogen (secondary N) is 1. The van der Waals surface area contributed by atoms with Crippen molar-refractivity contribution < 1.29 is 0 Å². The third-order valence-electron chi connectivity index (χ3n) is 5.95. The van der Waals surface area contributed by atoms with Crippen LogP contribution in [0.15, 0.2) is 53.3 Å². The van der Waals surface area contributed by atoms with Crippen LogP contribution >= 0.6 is 0 Å². The van der Waals surface area contributed by atoms with Crippen molar-refractivity contribution in [3.05, 3.63) is 81.5 Å². The highest BCUT2D eigenvalue weighted by Gasteiger charge is 2.17. The van der Waals surface area contributed by atoms with Crippen LogP contribution in [-0.4, -0.2) is 30.2 Å². The maximum Gasteiger partial charge on any atom is 0.257 e. The van der Waals surface area contributed by atoms with Gasteiger partial charge in [0, 0.05) is 30.5 Å². The molecule has 33 heavy (non-hydrogen) atoms. The lowest BCUT2D eigenvalue weighted by atomic mass is 9.96. The van der Waals surface area contributed by atoms with Crippen LogP contribution in [0.4, 0.5) is 0 Å². The zero-order valence-corrected chi connectivity index (χ0v) is 19.7. The normalized spacial score (nSPS) is 11.3. The Bertz CT molecular complexity index is 1270. The summed E-state index contributed by atoms with van der Waals surface area (Å²) in [5, 5.41) is 14.5. The lowest BCUT2D eigenvalue weighted by molar-refractivity contribution is 0.634. The molecule has 0 aliphatic heterocycles. The van der Waals surface area contributed by atoms with E-state index in [1.54, 1.807) is 4.57 Å². The van der Waals surface area contributed by atoms with Gasteiger partial charge in [0.2, 0.25) is 5.82 Å². The van der Waals surface area contributed by atoms with Crippen molar-refractivity contribution in [3.63, 3.8) is 0 Å². The molecule has 7 heteroatoms. The van der Waals surface area contributed by atoms with Gasteiger partial charge < -0.3 is 0 Å². The fourth-order valence-electron chi connectivity index (χ4n) is 4.17. The average molecular weight is 443 g/mol. The number of tetrazole rings is 1. The summed E-state index contributed by atoms with van der Waals surface area (Å²) in [6.07, 6.45) is 3.50. The molecule has 0 saturated heterocycles. The summed E-state index contributed by atoms with van der Waals surface area (Å²) >= 11 is 0. The Hall–Kier alpha value is -3.61. The third-order valence-corrected chi connectivity index (χ3v) is 5.95. The Morgan fingerprint density at radius 2 is 1.76 bits per heavy atom. The van der Waals surface area contributed by atoms with Gasteiger partial charge in [0.05, 0.1) is 5.69 Å². The Kier molecular flexibility index (Phi) is 6.77. The van der Waals surface area contributed by atoms with E-state index < -0.39 is 0 Å². The fraction of sp³-hybridized carbons (Fsp3) is 0.346. The quantitative estimate of drug-likeness (QED) is 0.428. The average Bonchev–Trinajstić information content (AvgIpc) is 3.37. The first-order chi connectivity index (χ1) is 16.0. The highest BCUT2D eigenvalue weighted by atomic mass is 16.1. The standard InChI is InChI=1S/C26H30N6O/c1-5-6-11-23-22(26(33)32(4)25(27-23)17(2)3)16-18-12-14-19(15-13-18)20-9-7-8-10-21(20)24-28-30-31-29-24/h7-10,12-15,17H,5-6,11,16H2,1-4H3,(H,28,29,30,31). The van der Waals surface area contributed by atoms with Crippen LogP contribution < -0.4 is 5.56 Å². The number of H-pyrrole nitrogens is 1. The van der Waals surface area contributed by atoms with Crippen LogP contribution in [0.25, 0.3) is 22.5 Å². The van der Waals surface area contributed by atoms with Gasteiger partial charge >= 0.3 is 0 Å². The van der Waals surface area contributed by atoms with Crippen molar-refractivity contribution in [2.45, 2.75) is 52.4 Å². The minimum absolute atomic E-state index is 0.0614. The van der Waals surface area contributed by atoms with Gasteiger partial charge in [-0.15, -0.1) is 10.2 Å². The highest BCUT2D eigenvalue weighted by Crippen LogP contribution is 2.30. The zero-order valence-electron chi connectivity index (χ0n) is 19.7. The molecule has 0 amide bonds. The zero-order chi connectivity index (χ0) is 23.4. The Balaban J connectivity index is 1.67. The van der Waals surface area contributed by atoms with Gasteiger partial charge in [-0.05, 0) is 34.7 Å². The molecule has 170 valence electrons. The van der Waals surface area contributed by atoms with E-state index in [-0.39, 0.29) is 11.5 Å². The van der Waals surface area contributed by atoms with Gasteiger partial charge in [-0.2, -0.15) is 5.21 Å². The highest BCUT2D eigenvalue weighted by molar-refractivity contribution is 5.80. The molecule has 4 aromatic rings. The minimum atomic E-state index is 0.0614. The van der Waals surface area contributed by atoms with Gasteiger partial charge in [-0.1, -0.05) is 75.7 Å². The van der Waals surface area contributed by atoms with E-state index in [1.165, 1.54) is 0 Å². The van der Waals surface area contributed by atoms with Gasteiger partial charge in [0.1, 0.15) is 5.82 Å². The van der Waals surface area contributed by atoms with Gasteiger partial charge in [-0.25, -0.2) is 4.98 Å². The summed E-state index contributed by atoms with van der Waals surface area (Å²) < 4.78 is 1.71. The molecule has 2 aromatic heterocycles. The minimum Gasteiger partial charge on any atom is -0.299 e. The first kappa shape index (κ1) is 22.6. The fourth-order valence-corrected chi connectivity index (χ4v) is 4.17. The molecule has 2 heterocycles. The van der Waals surface area contributed by atoms with Crippen LogP contribution in [0.5, 0.6) is 0 Å². The van der Waals surface area contributed by atoms with Crippen LogP contribution in [-0.2, 0) is 19.9 Å². The molecular weight excluding hydrogens is 412 g/mol. The molecule has 1 N–H and O–H groups in total. The van der Waals surface area contributed by atoms with Crippen molar-refractivity contribution in [3.8, 4) is 22.5 Å². The van der Waals surface area contributed by atoms with Gasteiger partial charge in [-0.3, -0.25) is 9.36 Å². The van der Waals surface area contributed by atoms with Crippen LogP contribution in [0.3, 0.4) is 0 Å². The number of aromatic nitrogens is 6. The number of hydrogen-bond acceptors (Lipinski definition) is 5.